The third kappa shape index (κ3) is 1.73. The molecule has 1 spiro atoms. The predicted molar refractivity (Wildman–Crippen MR) is 97.7 cm³/mol. The van der Waals surface area contributed by atoms with Gasteiger partial charge in [0.2, 0.25) is 0 Å². The Bertz CT molecular complexity index is 814. The van der Waals surface area contributed by atoms with Gasteiger partial charge in [0.25, 0.3) is 0 Å². The Balaban J connectivity index is 1.60. The Hall–Kier alpha value is -1.30. The highest BCUT2D eigenvalue weighted by atomic mass is 16.6. The maximum atomic E-state index is 12.6. The normalized spacial score (nSPS) is 55.1. The molecule has 146 valence electrons. The van der Waals surface area contributed by atoms with Gasteiger partial charge in [-0.25, -0.2) is 0 Å². The number of carbonyl (C=O) groups excluding carboxylic acids is 2. The third-order valence-electron chi connectivity index (χ3n) is 9.08. The first-order valence-corrected chi connectivity index (χ1v) is 10.1. The molecule has 4 unspecified atom stereocenters. The molecule has 8 atom stereocenters. The summed E-state index contributed by atoms with van der Waals surface area (Å²) in [5, 5.41) is 21.0. The van der Waals surface area contributed by atoms with E-state index in [-0.39, 0.29) is 40.7 Å². The lowest BCUT2D eigenvalue weighted by Gasteiger charge is -2.55. The SMILES string of the molecule is C[C@@H]1CC2C3CCC4=CC(=O)C=CC4(C)[C@@]34O[C@H]4CC2(C)[C@@]1(O)C(=O)CO. The van der Waals surface area contributed by atoms with Crippen molar-refractivity contribution >= 4 is 11.6 Å². The monoisotopic (exact) mass is 372 g/mol. The van der Waals surface area contributed by atoms with Crippen LogP contribution in [0.15, 0.2) is 23.8 Å². The lowest BCUT2D eigenvalue weighted by atomic mass is 9.46. The Morgan fingerprint density at radius 1 is 1.33 bits per heavy atom. The van der Waals surface area contributed by atoms with Gasteiger partial charge in [-0.1, -0.05) is 25.5 Å². The van der Waals surface area contributed by atoms with Crippen molar-refractivity contribution in [3.05, 3.63) is 23.8 Å². The second-order valence-electron chi connectivity index (χ2n) is 9.86. The van der Waals surface area contributed by atoms with E-state index in [0.717, 1.165) is 24.8 Å². The number of ether oxygens (including phenoxy) is 1. The molecule has 1 heterocycles. The molecular weight excluding hydrogens is 344 g/mol. The lowest BCUT2D eigenvalue weighted by Crippen LogP contribution is -2.62. The van der Waals surface area contributed by atoms with Gasteiger partial charge >= 0.3 is 0 Å². The number of fused-ring (bicyclic) bond motifs is 3. The minimum atomic E-state index is -1.50. The summed E-state index contributed by atoms with van der Waals surface area (Å²) in [6.07, 6.45) is 8.58. The maximum absolute atomic E-state index is 12.6. The molecule has 5 aliphatic rings. The number of Topliss-reactive ketones (excluding diaryl/α,β-unsaturated/α-hetero) is 1. The predicted octanol–water partition coefficient (Wildman–Crippen LogP) is 1.96. The highest BCUT2D eigenvalue weighted by molar-refractivity contribution is 6.01. The number of hydrogen-bond acceptors (Lipinski definition) is 5. The molecule has 5 nitrogen and oxygen atoms in total. The topological polar surface area (TPSA) is 87.1 Å². The van der Waals surface area contributed by atoms with Crippen LogP contribution in [0, 0.1) is 28.6 Å². The fraction of sp³-hybridized carbons (Fsp3) is 0.727. The van der Waals surface area contributed by atoms with Crippen LogP contribution >= 0.6 is 0 Å². The molecule has 5 heteroatoms. The van der Waals surface area contributed by atoms with Crippen molar-refractivity contribution in [2.24, 2.45) is 28.6 Å². The van der Waals surface area contributed by atoms with Gasteiger partial charge in [0.05, 0.1) is 6.10 Å². The second kappa shape index (κ2) is 5.00. The van der Waals surface area contributed by atoms with Gasteiger partial charge in [-0.2, -0.15) is 0 Å². The molecule has 1 saturated heterocycles. The standard InChI is InChI=1S/C22H28O5/c1-12-8-16-15-5-4-13-9-14(24)6-7-19(13,2)22(15)18(27-22)10-20(16,3)21(12,26)17(25)11-23/h6-7,9,12,15-16,18,23,26H,4-5,8,10-11H2,1-3H3/t12-,15?,16?,18+,19?,20?,21+,22-/m1/s1. The first kappa shape index (κ1) is 17.8. The lowest BCUT2D eigenvalue weighted by molar-refractivity contribution is -0.165. The number of aliphatic hydroxyl groups excluding tert-OH is 1. The molecular formula is C22H28O5. The van der Waals surface area contributed by atoms with Crippen LogP contribution in [0.2, 0.25) is 0 Å². The average Bonchev–Trinajstić information content (AvgIpc) is 3.31. The van der Waals surface area contributed by atoms with Gasteiger partial charge in [0, 0.05) is 10.8 Å². The molecule has 0 bridgehead atoms. The Morgan fingerprint density at radius 2 is 2.07 bits per heavy atom. The quantitative estimate of drug-likeness (QED) is 0.724. The first-order chi connectivity index (χ1) is 12.6. The van der Waals surface area contributed by atoms with E-state index in [1.165, 1.54) is 0 Å². The number of aliphatic hydroxyl groups is 2. The van der Waals surface area contributed by atoms with Gasteiger partial charge in [-0.15, -0.1) is 0 Å². The average molecular weight is 372 g/mol. The van der Waals surface area contributed by atoms with Crippen molar-refractivity contribution in [1.82, 2.24) is 0 Å². The molecule has 4 aliphatic carbocycles. The van der Waals surface area contributed by atoms with Crippen molar-refractivity contribution < 1.29 is 24.5 Å². The number of ketones is 2. The van der Waals surface area contributed by atoms with Crippen molar-refractivity contribution in [2.75, 3.05) is 6.61 Å². The number of epoxide rings is 1. The zero-order chi connectivity index (χ0) is 19.4. The van der Waals surface area contributed by atoms with E-state index in [0.29, 0.717) is 6.42 Å². The summed E-state index contributed by atoms with van der Waals surface area (Å²) in [7, 11) is 0. The number of rotatable bonds is 2. The first-order valence-electron chi connectivity index (χ1n) is 10.1. The van der Waals surface area contributed by atoms with E-state index in [9.17, 15) is 19.8 Å². The summed E-state index contributed by atoms with van der Waals surface area (Å²) in [6.45, 7) is 5.51. The summed E-state index contributed by atoms with van der Waals surface area (Å²) in [4.78, 5) is 24.5. The van der Waals surface area contributed by atoms with Crippen LogP contribution in [0.3, 0.4) is 0 Å². The van der Waals surface area contributed by atoms with Gasteiger partial charge in [0.15, 0.2) is 11.6 Å². The summed E-state index contributed by atoms with van der Waals surface area (Å²) >= 11 is 0. The molecule has 0 aromatic heterocycles. The van der Waals surface area contributed by atoms with Crippen LogP contribution in [-0.2, 0) is 14.3 Å². The summed E-state index contributed by atoms with van der Waals surface area (Å²) in [5.74, 6) is -0.193. The fourth-order valence-corrected chi connectivity index (χ4v) is 7.70. The second-order valence-corrected chi connectivity index (χ2v) is 9.86. The van der Waals surface area contributed by atoms with E-state index in [1.54, 1.807) is 12.2 Å². The van der Waals surface area contributed by atoms with Crippen LogP contribution in [0.25, 0.3) is 0 Å². The van der Waals surface area contributed by atoms with Crippen LogP contribution in [0.4, 0.5) is 0 Å². The highest BCUT2D eigenvalue weighted by Crippen LogP contribution is 2.76. The Morgan fingerprint density at radius 3 is 2.78 bits per heavy atom. The van der Waals surface area contributed by atoms with Crippen molar-refractivity contribution in [2.45, 2.75) is 63.8 Å². The van der Waals surface area contributed by atoms with E-state index < -0.39 is 23.4 Å². The highest BCUT2D eigenvalue weighted by Gasteiger charge is 2.81. The molecule has 5 rings (SSSR count). The third-order valence-corrected chi connectivity index (χ3v) is 9.08. The molecule has 3 saturated carbocycles. The van der Waals surface area contributed by atoms with Crippen molar-refractivity contribution in [1.29, 1.82) is 0 Å². The van der Waals surface area contributed by atoms with Crippen molar-refractivity contribution in [3.8, 4) is 0 Å². The zero-order valence-electron chi connectivity index (χ0n) is 16.2. The van der Waals surface area contributed by atoms with E-state index in [2.05, 4.69) is 6.92 Å². The smallest absolute Gasteiger partial charge is 0.190 e. The summed E-state index contributed by atoms with van der Waals surface area (Å²) < 4.78 is 6.43. The van der Waals surface area contributed by atoms with Gasteiger partial charge in [-0.3, -0.25) is 9.59 Å². The largest absolute Gasteiger partial charge is 0.388 e. The van der Waals surface area contributed by atoms with Gasteiger partial charge < -0.3 is 14.9 Å². The Kier molecular flexibility index (Phi) is 3.29. The van der Waals surface area contributed by atoms with Gasteiger partial charge in [0.1, 0.15) is 17.8 Å². The number of hydrogen-bond donors (Lipinski definition) is 2. The van der Waals surface area contributed by atoms with Crippen LogP contribution in [0.5, 0.6) is 0 Å². The molecule has 0 amide bonds. The molecule has 1 aliphatic heterocycles. The zero-order valence-corrected chi connectivity index (χ0v) is 16.2. The van der Waals surface area contributed by atoms with E-state index >= 15 is 0 Å². The summed E-state index contributed by atoms with van der Waals surface area (Å²) in [6, 6.07) is 0. The number of carbonyl (C=O) groups is 2. The minimum absolute atomic E-state index is 0.0291. The molecule has 2 N–H and O–H groups in total. The van der Waals surface area contributed by atoms with E-state index in [1.807, 2.05) is 19.9 Å². The van der Waals surface area contributed by atoms with E-state index in [4.69, 9.17) is 4.74 Å². The van der Waals surface area contributed by atoms with Crippen LogP contribution in [-0.4, -0.2) is 45.7 Å². The fourth-order valence-electron chi connectivity index (χ4n) is 7.70. The summed E-state index contributed by atoms with van der Waals surface area (Å²) in [5.41, 5.74) is -1.55. The van der Waals surface area contributed by atoms with Crippen LogP contribution in [0.1, 0.15) is 46.5 Å². The molecule has 0 aromatic carbocycles. The van der Waals surface area contributed by atoms with Crippen LogP contribution < -0.4 is 0 Å². The minimum Gasteiger partial charge on any atom is -0.388 e. The molecule has 4 fully saturated rings. The molecule has 0 aromatic rings. The molecule has 0 radical (unpaired) electrons. The maximum Gasteiger partial charge on any atom is 0.190 e. The van der Waals surface area contributed by atoms with Crippen molar-refractivity contribution in [3.63, 3.8) is 0 Å². The molecule has 27 heavy (non-hydrogen) atoms. The van der Waals surface area contributed by atoms with Gasteiger partial charge in [-0.05, 0) is 62.5 Å². The Labute approximate surface area is 159 Å². The number of allylic oxidation sites excluding steroid dienone is 2.